The lowest BCUT2D eigenvalue weighted by atomic mass is 10.2. The Kier molecular flexibility index (Phi) is 4.37. The molecule has 3 aromatic rings. The van der Waals surface area contributed by atoms with E-state index in [1.54, 1.807) is 13.1 Å². The Balaban J connectivity index is 2.00. The fraction of sp³-hybridized carbons (Fsp3) is 0.438. The van der Waals surface area contributed by atoms with Crippen molar-refractivity contribution in [1.29, 1.82) is 0 Å². The Hall–Kier alpha value is -1.90. The maximum Gasteiger partial charge on any atom is 0.262 e. The zero-order valence-electron chi connectivity index (χ0n) is 14.3. The molecule has 0 unspecified atom stereocenters. The van der Waals surface area contributed by atoms with Crippen LogP contribution in [0.25, 0.3) is 16.7 Å². The van der Waals surface area contributed by atoms with Gasteiger partial charge in [-0.2, -0.15) is 0 Å². The molecule has 0 bridgehead atoms. The van der Waals surface area contributed by atoms with Gasteiger partial charge in [-0.05, 0) is 12.1 Å². The van der Waals surface area contributed by atoms with Crippen molar-refractivity contribution in [1.82, 2.24) is 19.2 Å². The lowest BCUT2D eigenvalue weighted by Crippen LogP contribution is -2.42. The summed E-state index contributed by atoms with van der Waals surface area (Å²) in [5, 5.41) is 19.9. The summed E-state index contributed by atoms with van der Waals surface area (Å²) in [4.78, 5) is 12.4. The molecule has 1 N–H and O–H groups in total. The highest BCUT2D eigenvalue weighted by Crippen LogP contribution is 2.22. The first kappa shape index (κ1) is 16.9. The van der Waals surface area contributed by atoms with E-state index in [1.807, 2.05) is 43.7 Å². The molecule has 128 valence electrons. The monoisotopic (exact) mass is 348 g/mol. The average Bonchev–Trinajstić information content (AvgIpc) is 2.93. The molecule has 2 aromatic heterocycles. The number of aliphatic hydroxyl groups is 1. The SMILES string of the molecule is Cn1c(=O)c2ccccc2n2c(SC[C@H](O)C[N+](C)(C)C)nnc12. The van der Waals surface area contributed by atoms with Crippen molar-refractivity contribution in [3.05, 3.63) is 34.6 Å². The molecule has 0 amide bonds. The number of quaternary nitrogens is 1. The van der Waals surface area contributed by atoms with Gasteiger partial charge in [-0.15, -0.1) is 10.2 Å². The lowest BCUT2D eigenvalue weighted by molar-refractivity contribution is -0.873. The molecule has 1 atom stereocenters. The van der Waals surface area contributed by atoms with Gasteiger partial charge in [0.05, 0.1) is 32.0 Å². The molecule has 0 fully saturated rings. The summed E-state index contributed by atoms with van der Waals surface area (Å²) in [7, 11) is 7.83. The second-order valence-electron chi connectivity index (χ2n) is 6.94. The number of aryl methyl sites for hydroxylation is 1. The molecule has 0 aliphatic rings. The topological polar surface area (TPSA) is 72.4 Å². The first-order chi connectivity index (χ1) is 11.3. The quantitative estimate of drug-likeness (QED) is 0.544. The van der Waals surface area contributed by atoms with Gasteiger partial charge in [0.15, 0.2) is 5.16 Å². The minimum atomic E-state index is -0.443. The highest BCUT2D eigenvalue weighted by molar-refractivity contribution is 7.99. The van der Waals surface area contributed by atoms with Crippen LogP contribution in [0.3, 0.4) is 0 Å². The van der Waals surface area contributed by atoms with Crippen molar-refractivity contribution in [3.63, 3.8) is 0 Å². The number of rotatable bonds is 5. The summed E-state index contributed by atoms with van der Waals surface area (Å²) >= 11 is 1.45. The normalized spacial score (nSPS) is 13.7. The summed E-state index contributed by atoms with van der Waals surface area (Å²) in [6, 6.07) is 7.43. The maximum absolute atomic E-state index is 12.4. The number of hydrogen-bond donors (Lipinski definition) is 1. The van der Waals surface area contributed by atoms with E-state index in [4.69, 9.17) is 0 Å². The standard InChI is InChI=1S/C16H22N5O2S/c1-19-14(23)12-7-5-6-8-13(12)20-15(19)17-18-16(20)24-10-11(22)9-21(2,3)4/h5-8,11,22H,9-10H2,1-4H3/q+1/t11-/m1/s1. The van der Waals surface area contributed by atoms with Gasteiger partial charge in [-0.1, -0.05) is 23.9 Å². The number of aromatic nitrogens is 4. The Morgan fingerprint density at radius 1 is 1.25 bits per heavy atom. The van der Waals surface area contributed by atoms with Gasteiger partial charge in [-0.3, -0.25) is 13.8 Å². The summed E-state index contributed by atoms with van der Waals surface area (Å²) in [6.45, 7) is 0.656. The zero-order chi connectivity index (χ0) is 17.5. The largest absolute Gasteiger partial charge is 0.386 e. The van der Waals surface area contributed by atoms with Crippen LogP contribution in [0, 0.1) is 0 Å². The van der Waals surface area contributed by atoms with Crippen LogP contribution in [-0.2, 0) is 7.05 Å². The number of nitrogens with zero attached hydrogens (tertiary/aromatic N) is 5. The molecule has 0 saturated heterocycles. The van der Waals surface area contributed by atoms with Gasteiger partial charge in [0.25, 0.3) is 5.56 Å². The minimum absolute atomic E-state index is 0.0906. The third kappa shape index (κ3) is 3.17. The predicted octanol–water partition coefficient (Wildman–Crippen LogP) is 0.740. The van der Waals surface area contributed by atoms with Crippen molar-refractivity contribution < 1.29 is 9.59 Å². The second-order valence-corrected chi connectivity index (χ2v) is 7.92. The lowest BCUT2D eigenvalue weighted by Gasteiger charge is -2.26. The fourth-order valence-electron chi connectivity index (χ4n) is 2.76. The second kappa shape index (κ2) is 6.19. The number of benzene rings is 1. The molecule has 0 aliphatic heterocycles. The molecular weight excluding hydrogens is 326 g/mol. The molecule has 0 radical (unpaired) electrons. The van der Waals surface area contributed by atoms with E-state index < -0.39 is 6.10 Å². The van der Waals surface area contributed by atoms with E-state index >= 15 is 0 Å². The molecule has 3 rings (SSSR count). The molecule has 1 aromatic carbocycles. The van der Waals surface area contributed by atoms with Gasteiger partial charge in [0, 0.05) is 12.8 Å². The smallest absolute Gasteiger partial charge is 0.262 e. The van der Waals surface area contributed by atoms with Gasteiger partial charge < -0.3 is 9.59 Å². The summed E-state index contributed by atoms with van der Waals surface area (Å²) in [5.74, 6) is 1.02. The molecule has 24 heavy (non-hydrogen) atoms. The molecule has 2 heterocycles. The highest BCUT2D eigenvalue weighted by atomic mass is 32.2. The fourth-order valence-corrected chi connectivity index (χ4v) is 3.61. The number of fused-ring (bicyclic) bond motifs is 3. The first-order valence-corrected chi connectivity index (χ1v) is 8.70. The summed E-state index contributed by atoms with van der Waals surface area (Å²) < 4.78 is 4.07. The number of para-hydroxylation sites is 1. The third-order valence-corrected chi connectivity index (χ3v) is 4.83. The van der Waals surface area contributed by atoms with Crippen molar-refractivity contribution in [3.8, 4) is 0 Å². The van der Waals surface area contributed by atoms with Crippen LogP contribution in [0.2, 0.25) is 0 Å². The molecule has 0 spiro atoms. The van der Waals surface area contributed by atoms with E-state index in [0.29, 0.717) is 33.1 Å². The van der Waals surface area contributed by atoms with Gasteiger partial charge in [0.1, 0.15) is 12.6 Å². The molecule has 0 saturated carbocycles. The van der Waals surface area contributed by atoms with Crippen molar-refractivity contribution in [2.45, 2.75) is 11.3 Å². The van der Waals surface area contributed by atoms with Crippen LogP contribution in [0.1, 0.15) is 0 Å². The third-order valence-electron chi connectivity index (χ3n) is 3.76. The highest BCUT2D eigenvalue weighted by Gasteiger charge is 2.19. The number of thioether (sulfide) groups is 1. The average molecular weight is 348 g/mol. The van der Waals surface area contributed by atoms with Crippen molar-refractivity contribution in [2.75, 3.05) is 33.4 Å². The molecule has 0 aliphatic carbocycles. The van der Waals surface area contributed by atoms with Gasteiger partial charge in [-0.25, -0.2) is 0 Å². The van der Waals surface area contributed by atoms with Crippen LogP contribution < -0.4 is 5.56 Å². The minimum Gasteiger partial charge on any atom is -0.386 e. The molecule has 8 heteroatoms. The summed E-state index contributed by atoms with van der Waals surface area (Å²) in [6.07, 6.45) is -0.443. The van der Waals surface area contributed by atoms with Crippen molar-refractivity contribution >= 4 is 28.4 Å². The van der Waals surface area contributed by atoms with Crippen LogP contribution >= 0.6 is 11.8 Å². The van der Waals surface area contributed by atoms with Crippen LogP contribution in [0.15, 0.2) is 34.2 Å². The van der Waals surface area contributed by atoms with E-state index in [1.165, 1.54) is 16.3 Å². The Morgan fingerprint density at radius 3 is 2.67 bits per heavy atom. The number of aliphatic hydroxyl groups excluding tert-OH is 1. The Morgan fingerprint density at radius 2 is 1.96 bits per heavy atom. The van der Waals surface area contributed by atoms with Gasteiger partial charge in [0.2, 0.25) is 5.78 Å². The van der Waals surface area contributed by atoms with Crippen LogP contribution in [-0.4, -0.2) is 68.3 Å². The van der Waals surface area contributed by atoms with Crippen LogP contribution in [0.4, 0.5) is 0 Å². The summed E-state index contributed by atoms with van der Waals surface area (Å²) in [5.41, 5.74) is 0.691. The van der Waals surface area contributed by atoms with Crippen molar-refractivity contribution in [2.24, 2.45) is 7.05 Å². The first-order valence-electron chi connectivity index (χ1n) is 7.72. The number of likely N-dealkylation sites (N-methyl/N-ethyl adjacent to an activating group) is 1. The molecule has 7 nitrogen and oxygen atoms in total. The van der Waals surface area contributed by atoms with E-state index in [-0.39, 0.29) is 5.56 Å². The zero-order valence-corrected chi connectivity index (χ0v) is 15.1. The van der Waals surface area contributed by atoms with E-state index in [2.05, 4.69) is 10.2 Å². The Labute approximate surface area is 144 Å². The predicted molar refractivity (Wildman–Crippen MR) is 95.4 cm³/mol. The molecular formula is C16H22N5O2S+. The van der Waals surface area contributed by atoms with Gasteiger partial charge >= 0.3 is 0 Å². The van der Waals surface area contributed by atoms with Crippen LogP contribution in [0.5, 0.6) is 0 Å². The Bertz CT molecular complexity index is 941. The van der Waals surface area contributed by atoms with E-state index in [0.717, 1.165) is 5.52 Å². The van der Waals surface area contributed by atoms with E-state index in [9.17, 15) is 9.90 Å². The maximum atomic E-state index is 12.4. The number of hydrogen-bond acceptors (Lipinski definition) is 5.